The van der Waals surface area contributed by atoms with Crippen LogP contribution in [0.3, 0.4) is 0 Å². The van der Waals surface area contributed by atoms with Crippen molar-refractivity contribution in [3.63, 3.8) is 0 Å². The van der Waals surface area contributed by atoms with E-state index in [1.165, 1.54) is 6.08 Å². The Morgan fingerprint density at radius 3 is 2.41 bits per heavy atom. The van der Waals surface area contributed by atoms with Gasteiger partial charge in [0.05, 0.1) is 17.1 Å². The van der Waals surface area contributed by atoms with Crippen molar-refractivity contribution in [1.82, 2.24) is 20.6 Å². The van der Waals surface area contributed by atoms with Gasteiger partial charge in [-0.2, -0.15) is 0 Å². The van der Waals surface area contributed by atoms with E-state index in [4.69, 9.17) is 4.74 Å². The van der Waals surface area contributed by atoms with Crippen molar-refractivity contribution in [3.8, 4) is 5.75 Å². The first-order valence-electron chi connectivity index (χ1n) is 12.2. The fourth-order valence-corrected chi connectivity index (χ4v) is 3.66. The maximum absolute atomic E-state index is 13.1. The summed E-state index contributed by atoms with van der Waals surface area (Å²) in [4.78, 5) is 33.5. The zero-order chi connectivity index (χ0) is 26.0. The predicted molar refractivity (Wildman–Crippen MR) is 147 cm³/mol. The Balaban J connectivity index is 1.45. The second kappa shape index (κ2) is 12.4. The fraction of sp³-hybridized carbons (Fsp3) is 0.167. The molecule has 4 aromatic rings. The van der Waals surface area contributed by atoms with Crippen molar-refractivity contribution in [2.45, 2.75) is 26.4 Å². The first-order chi connectivity index (χ1) is 18.0. The third-order valence-electron chi connectivity index (χ3n) is 5.38. The van der Waals surface area contributed by atoms with Crippen LogP contribution in [-0.4, -0.2) is 34.4 Å². The molecule has 0 aliphatic carbocycles. The van der Waals surface area contributed by atoms with Gasteiger partial charge in [-0.1, -0.05) is 54.6 Å². The maximum Gasteiger partial charge on any atom is 0.267 e. The van der Waals surface area contributed by atoms with Gasteiger partial charge < -0.3 is 20.4 Å². The number of aromatic nitrogens is 2. The highest BCUT2D eigenvalue weighted by atomic mass is 16.5. The van der Waals surface area contributed by atoms with E-state index in [1.807, 2.05) is 92.7 Å². The van der Waals surface area contributed by atoms with Crippen LogP contribution in [0.25, 0.3) is 23.2 Å². The van der Waals surface area contributed by atoms with Gasteiger partial charge in [0, 0.05) is 19.0 Å². The number of H-pyrrole nitrogens is 1. The lowest BCUT2D eigenvalue weighted by Crippen LogP contribution is -2.35. The average Bonchev–Trinajstić information content (AvgIpc) is 3.31. The van der Waals surface area contributed by atoms with E-state index in [1.54, 1.807) is 12.2 Å². The maximum atomic E-state index is 13.1. The molecule has 0 saturated carbocycles. The number of ether oxygens (including phenoxy) is 1. The molecule has 188 valence electrons. The molecule has 0 bridgehead atoms. The van der Waals surface area contributed by atoms with E-state index in [0.29, 0.717) is 13.0 Å². The smallest absolute Gasteiger partial charge is 0.267 e. The van der Waals surface area contributed by atoms with Crippen LogP contribution in [0.5, 0.6) is 5.75 Å². The molecule has 1 aromatic heterocycles. The van der Waals surface area contributed by atoms with Gasteiger partial charge >= 0.3 is 0 Å². The molecule has 3 aromatic carbocycles. The summed E-state index contributed by atoms with van der Waals surface area (Å²) in [6.45, 7) is 4.27. The molecule has 7 nitrogen and oxygen atoms in total. The number of carbonyl (C=O) groups excluding carboxylic acids is 2. The molecule has 2 amide bonds. The number of fused-ring (bicyclic) bond motifs is 1. The Hall–Kier alpha value is -4.65. The highest BCUT2D eigenvalue weighted by Gasteiger charge is 2.13. The summed E-state index contributed by atoms with van der Waals surface area (Å²) in [6.07, 6.45) is 5.33. The number of para-hydroxylation sites is 2. The quantitative estimate of drug-likeness (QED) is 0.274. The molecule has 0 fully saturated rings. The Morgan fingerprint density at radius 2 is 1.68 bits per heavy atom. The molecule has 37 heavy (non-hydrogen) atoms. The lowest BCUT2D eigenvalue weighted by Gasteiger charge is -2.11. The number of aromatic amines is 1. The van der Waals surface area contributed by atoms with Crippen molar-refractivity contribution in [3.05, 3.63) is 108 Å². The summed E-state index contributed by atoms with van der Waals surface area (Å²) in [7, 11) is 0. The zero-order valence-corrected chi connectivity index (χ0v) is 20.9. The number of hydrogen-bond donors (Lipinski definition) is 3. The second-order valence-electron chi connectivity index (χ2n) is 8.73. The molecule has 0 saturated heterocycles. The number of rotatable bonds is 10. The summed E-state index contributed by atoms with van der Waals surface area (Å²) >= 11 is 0. The largest absolute Gasteiger partial charge is 0.491 e. The van der Waals surface area contributed by atoms with E-state index in [-0.39, 0.29) is 17.7 Å². The molecule has 7 heteroatoms. The summed E-state index contributed by atoms with van der Waals surface area (Å²) in [5, 5.41) is 5.60. The number of nitrogens with zero attached hydrogens (tertiary/aromatic N) is 1. The van der Waals surface area contributed by atoms with Gasteiger partial charge in [-0.15, -0.1) is 0 Å². The Bertz CT molecular complexity index is 1370. The van der Waals surface area contributed by atoms with Crippen molar-refractivity contribution < 1.29 is 14.3 Å². The van der Waals surface area contributed by atoms with Crippen LogP contribution >= 0.6 is 0 Å². The first kappa shape index (κ1) is 25.4. The Kier molecular flexibility index (Phi) is 8.49. The number of imidazole rings is 1. The van der Waals surface area contributed by atoms with Gasteiger partial charge in [0.25, 0.3) is 5.91 Å². The van der Waals surface area contributed by atoms with Gasteiger partial charge in [-0.3, -0.25) is 9.59 Å². The number of hydrogen-bond acceptors (Lipinski definition) is 4. The molecule has 4 rings (SSSR count). The predicted octanol–water partition coefficient (Wildman–Crippen LogP) is 4.88. The van der Waals surface area contributed by atoms with Gasteiger partial charge in [0.15, 0.2) is 0 Å². The van der Waals surface area contributed by atoms with E-state index in [9.17, 15) is 9.59 Å². The summed E-state index contributed by atoms with van der Waals surface area (Å²) in [5.74, 6) is 0.726. The van der Waals surface area contributed by atoms with Crippen LogP contribution in [0.15, 0.2) is 90.6 Å². The van der Waals surface area contributed by atoms with Crippen molar-refractivity contribution >= 4 is 35.0 Å². The van der Waals surface area contributed by atoms with E-state index < -0.39 is 5.91 Å². The van der Waals surface area contributed by atoms with Crippen LogP contribution in [0.2, 0.25) is 0 Å². The van der Waals surface area contributed by atoms with E-state index in [0.717, 1.165) is 33.7 Å². The minimum absolute atomic E-state index is 0.0603. The third-order valence-corrected chi connectivity index (χ3v) is 5.38. The average molecular weight is 495 g/mol. The van der Waals surface area contributed by atoms with Crippen LogP contribution < -0.4 is 15.4 Å². The van der Waals surface area contributed by atoms with Gasteiger partial charge in [0.1, 0.15) is 17.3 Å². The highest BCUT2D eigenvalue weighted by molar-refractivity contribution is 6.04. The molecule has 3 N–H and O–H groups in total. The van der Waals surface area contributed by atoms with Crippen molar-refractivity contribution in [2.24, 2.45) is 0 Å². The zero-order valence-electron chi connectivity index (χ0n) is 20.9. The second-order valence-corrected chi connectivity index (χ2v) is 8.73. The molecule has 0 radical (unpaired) electrons. The normalized spacial score (nSPS) is 11.7. The standard InChI is InChI=1S/C30H30N4O3/c1-21(2)37-24-15-12-23(13-16-24)20-27(34-29(35)17-14-22-8-4-3-5-9-22)30(36)31-19-18-28-32-25-10-6-7-11-26(25)33-28/h3-17,20-21H,18-19H2,1-2H3,(H,31,36)(H,32,33)(H,34,35)/b17-14+,27-20-. The molecule has 0 aliphatic rings. The lowest BCUT2D eigenvalue weighted by atomic mass is 10.1. The van der Waals surface area contributed by atoms with Crippen LogP contribution in [0.1, 0.15) is 30.8 Å². The summed E-state index contributed by atoms with van der Waals surface area (Å²) in [6, 6.07) is 24.6. The molecule has 0 spiro atoms. The minimum Gasteiger partial charge on any atom is -0.491 e. The molecular formula is C30H30N4O3. The molecule has 0 unspecified atom stereocenters. The van der Waals surface area contributed by atoms with Crippen LogP contribution in [0, 0.1) is 0 Å². The van der Waals surface area contributed by atoms with Crippen molar-refractivity contribution in [2.75, 3.05) is 6.54 Å². The van der Waals surface area contributed by atoms with Gasteiger partial charge in [-0.25, -0.2) is 4.98 Å². The van der Waals surface area contributed by atoms with Gasteiger partial charge in [0.2, 0.25) is 5.91 Å². The Labute approximate surface area is 216 Å². The lowest BCUT2D eigenvalue weighted by molar-refractivity contribution is -0.121. The highest BCUT2D eigenvalue weighted by Crippen LogP contribution is 2.16. The Morgan fingerprint density at radius 1 is 0.946 bits per heavy atom. The SMILES string of the molecule is CC(C)Oc1ccc(/C=C(\NC(=O)/C=C/c2ccccc2)C(=O)NCCc2nc3ccccc3[nH]2)cc1. The summed E-state index contributed by atoms with van der Waals surface area (Å²) < 4.78 is 5.69. The molecule has 1 heterocycles. The fourth-order valence-electron chi connectivity index (χ4n) is 3.66. The van der Waals surface area contributed by atoms with Crippen LogP contribution in [-0.2, 0) is 16.0 Å². The van der Waals surface area contributed by atoms with E-state index >= 15 is 0 Å². The number of benzene rings is 3. The van der Waals surface area contributed by atoms with Gasteiger partial charge in [-0.05, 0) is 61.4 Å². The number of carbonyl (C=O) groups is 2. The minimum atomic E-state index is -0.401. The van der Waals surface area contributed by atoms with Crippen LogP contribution in [0.4, 0.5) is 0 Å². The first-order valence-corrected chi connectivity index (χ1v) is 12.2. The number of amides is 2. The molecule has 0 aliphatic heterocycles. The molecule has 0 atom stereocenters. The monoisotopic (exact) mass is 494 g/mol. The van der Waals surface area contributed by atoms with Crippen molar-refractivity contribution in [1.29, 1.82) is 0 Å². The topological polar surface area (TPSA) is 96.1 Å². The summed E-state index contributed by atoms with van der Waals surface area (Å²) in [5.41, 5.74) is 3.62. The van der Waals surface area contributed by atoms with E-state index in [2.05, 4.69) is 20.6 Å². The molecular weight excluding hydrogens is 464 g/mol. The third kappa shape index (κ3) is 7.67. The number of nitrogens with one attached hydrogen (secondary N) is 3.